The second kappa shape index (κ2) is 5.90. The standard InChI is InChI=1S/C14H15F2N3O2/c1-3-21-14(20)12-13(17)19(8(2)18-12)7-9-4-5-10(15)6-11(9)16/h4-6H,3,7,17H2,1-2H3. The van der Waals surface area contributed by atoms with Gasteiger partial charge >= 0.3 is 5.97 Å². The first-order valence-electron chi connectivity index (χ1n) is 6.37. The molecule has 0 atom stereocenters. The summed E-state index contributed by atoms with van der Waals surface area (Å²) in [6.07, 6.45) is 0. The molecule has 0 spiro atoms. The van der Waals surface area contributed by atoms with E-state index >= 15 is 0 Å². The Hall–Kier alpha value is -2.44. The van der Waals surface area contributed by atoms with E-state index in [0.29, 0.717) is 5.82 Å². The molecule has 1 aromatic heterocycles. The van der Waals surface area contributed by atoms with Gasteiger partial charge in [0.1, 0.15) is 23.3 Å². The number of rotatable bonds is 4. The molecule has 0 aliphatic heterocycles. The maximum Gasteiger partial charge on any atom is 0.360 e. The molecule has 0 amide bonds. The number of nitrogens with two attached hydrogens (primary N) is 1. The van der Waals surface area contributed by atoms with Gasteiger partial charge in [-0.25, -0.2) is 18.6 Å². The Morgan fingerprint density at radius 2 is 2.14 bits per heavy atom. The Labute approximate surface area is 120 Å². The first-order valence-corrected chi connectivity index (χ1v) is 6.37. The fourth-order valence-electron chi connectivity index (χ4n) is 1.95. The molecule has 0 aliphatic carbocycles. The van der Waals surface area contributed by atoms with Crippen molar-refractivity contribution < 1.29 is 18.3 Å². The minimum absolute atomic E-state index is 0.00290. The zero-order chi connectivity index (χ0) is 15.6. The summed E-state index contributed by atoms with van der Waals surface area (Å²) in [7, 11) is 0. The van der Waals surface area contributed by atoms with Crippen molar-refractivity contribution in [3.05, 3.63) is 46.9 Å². The monoisotopic (exact) mass is 295 g/mol. The van der Waals surface area contributed by atoms with Gasteiger partial charge in [-0.1, -0.05) is 6.07 Å². The molecule has 2 aromatic rings. The number of ether oxygens (including phenoxy) is 1. The number of carbonyl (C=O) groups is 1. The number of esters is 1. The molecule has 0 saturated heterocycles. The Kier molecular flexibility index (Phi) is 4.21. The van der Waals surface area contributed by atoms with Crippen molar-refractivity contribution in [2.45, 2.75) is 20.4 Å². The molecule has 0 unspecified atom stereocenters. The van der Waals surface area contributed by atoms with Crippen LogP contribution >= 0.6 is 0 Å². The molecule has 2 N–H and O–H groups in total. The maximum atomic E-state index is 13.7. The molecule has 21 heavy (non-hydrogen) atoms. The lowest BCUT2D eigenvalue weighted by molar-refractivity contribution is 0.0521. The highest BCUT2D eigenvalue weighted by Gasteiger charge is 2.20. The van der Waals surface area contributed by atoms with E-state index in [1.165, 1.54) is 10.6 Å². The van der Waals surface area contributed by atoms with Crippen molar-refractivity contribution in [2.24, 2.45) is 0 Å². The third kappa shape index (κ3) is 3.01. The SMILES string of the molecule is CCOC(=O)c1nc(C)n(Cc2ccc(F)cc2F)c1N. The van der Waals surface area contributed by atoms with Gasteiger partial charge in [0.05, 0.1) is 13.2 Å². The average molecular weight is 295 g/mol. The molecule has 0 bridgehead atoms. The summed E-state index contributed by atoms with van der Waals surface area (Å²) in [4.78, 5) is 15.7. The zero-order valence-corrected chi connectivity index (χ0v) is 11.7. The maximum absolute atomic E-state index is 13.7. The smallest absolute Gasteiger partial charge is 0.360 e. The fraction of sp³-hybridized carbons (Fsp3) is 0.286. The molecule has 1 aromatic carbocycles. The molecule has 0 saturated carbocycles. The first-order chi connectivity index (χ1) is 9.93. The molecular weight excluding hydrogens is 280 g/mol. The van der Waals surface area contributed by atoms with Crippen LogP contribution in [-0.4, -0.2) is 22.1 Å². The minimum Gasteiger partial charge on any atom is -0.461 e. The third-order valence-electron chi connectivity index (χ3n) is 3.01. The summed E-state index contributed by atoms with van der Waals surface area (Å²) in [5.41, 5.74) is 6.11. The molecule has 112 valence electrons. The molecule has 0 aliphatic rings. The molecule has 0 radical (unpaired) electrons. The predicted molar refractivity (Wildman–Crippen MR) is 72.8 cm³/mol. The second-order valence-electron chi connectivity index (χ2n) is 4.44. The Morgan fingerprint density at radius 1 is 1.43 bits per heavy atom. The number of aromatic nitrogens is 2. The van der Waals surface area contributed by atoms with Crippen molar-refractivity contribution in [2.75, 3.05) is 12.3 Å². The van der Waals surface area contributed by atoms with Gasteiger partial charge in [0, 0.05) is 11.6 Å². The van der Waals surface area contributed by atoms with E-state index in [4.69, 9.17) is 10.5 Å². The number of hydrogen-bond donors (Lipinski definition) is 1. The minimum atomic E-state index is -0.680. The van der Waals surface area contributed by atoms with Crippen LogP contribution in [0.25, 0.3) is 0 Å². The molecule has 1 heterocycles. The van der Waals surface area contributed by atoms with E-state index < -0.39 is 17.6 Å². The van der Waals surface area contributed by atoms with Crippen LogP contribution in [0.2, 0.25) is 0 Å². The number of hydrogen-bond acceptors (Lipinski definition) is 4. The van der Waals surface area contributed by atoms with Gasteiger partial charge in [-0.2, -0.15) is 0 Å². The van der Waals surface area contributed by atoms with Crippen LogP contribution in [0.3, 0.4) is 0 Å². The number of halogens is 2. The Morgan fingerprint density at radius 3 is 2.76 bits per heavy atom. The third-order valence-corrected chi connectivity index (χ3v) is 3.01. The van der Waals surface area contributed by atoms with Gasteiger partial charge in [-0.15, -0.1) is 0 Å². The van der Waals surface area contributed by atoms with Crippen molar-refractivity contribution in [1.29, 1.82) is 0 Å². The second-order valence-corrected chi connectivity index (χ2v) is 4.44. The van der Waals surface area contributed by atoms with Gasteiger partial charge in [0.2, 0.25) is 0 Å². The van der Waals surface area contributed by atoms with Gasteiger partial charge < -0.3 is 15.0 Å². The molecule has 0 fully saturated rings. The lowest BCUT2D eigenvalue weighted by Crippen LogP contribution is -2.11. The molecule has 2 rings (SSSR count). The number of nitrogens with zero attached hydrogens (tertiary/aromatic N) is 2. The van der Waals surface area contributed by atoms with Gasteiger partial charge in [0.15, 0.2) is 5.69 Å². The number of nitrogen functional groups attached to an aromatic ring is 1. The predicted octanol–water partition coefficient (Wildman–Crippen LogP) is 2.28. The van der Waals surface area contributed by atoms with Gasteiger partial charge in [-0.05, 0) is 19.9 Å². The van der Waals surface area contributed by atoms with Crippen LogP contribution in [0, 0.1) is 18.6 Å². The van der Waals surface area contributed by atoms with Gasteiger partial charge in [0.25, 0.3) is 0 Å². The van der Waals surface area contributed by atoms with Crippen LogP contribution < -0.4 is 5.73 Å². The Balaban J connectivity index is 2.34. The molecular formula is C14H15F2N3O2. The number of imidazole rings is 1. The fourth-order valence-corrected chi connectivity index (χ4v) is 1.95. The summed E-state index contributed by atoms with van der Waals surface area (Å²) in [5.74, 6) is -1.43. The largest absolute Gasteiger partial charge is 0.461 e. The van der Waals surface area contributed by atoms with E-state index in [9.17, 15) is 13.6 Å². The van der Waals surface area contributed by atoms with Crippen LogP contribution in [0.5, 0.6) is 0 Å². The highest BCUT2D eigenvalue weighted by molar-refractivity contribution is 5.92. The van der Waals surface area contributed by atoms with E-state index in [1.54, 1.807) is 13.8 Å². The number of benzene rings is 1. The van der Waals surface area contributed by atoms with Crippen LogP contribution in [0.4, 0.5) is 14.6 Å². The highest BCUT2D eigenvalue weighted by Crippen LogP contribution is 2.19. The number of anilines is 1. The van der Waals surface area contributed by atoms with E-state index in [-0.39, 0.29) is 30.2 Å². The number of carbonyl (C=O) groups excluding carboxylic acids is 1. The van der Waals surface area contributed by atoms with Crippen molar-refractivity contribution in [3.63, 3.8) is 0 Å². The molecule has 5 nitrogen and oxygen atoms in total. The van der Waals surface area contributed by atoms with Crippen molar-refractivity contribution in [1.82, 2.24) is 9.55 Å². The average Bonchev–Trinajstić information content (AvgIpc) is 2.70. The molecule has 7 heteroatoms. The van der Waals surface area contributed by atoms with E-state index in [0.717, 1.165) is 12.1 Å². The summed E-state index contributed by atoms with van der Waals surface area (Å²) in [6.45, 7) is 3.57. The quantitative estimate of drug-likeness (QED) is 0.878. The Bertz CT molecular complexity index is 683. The number of aryl methyl sites for hydroxylation is 1. The first kappa shape index (κ1) is 15.0. The van der Waals surface area contributed by atoms with E-state index in [1.807, 2.05) is 0 Å². The zero-order valence-electron chi connectivity index (χ0n) is 11.7. The highest BCUT2D eigenvalue weighted by atomic mass is 19.1. The lowest BCUT2D eigenvalue weighted by atomic mass is 10.2. The lowest BCUT2D eigenvalue weighted by Gasteiger charge is -2.09. The van der Waals surface area contributed by atoms with Crippen molar-refractivity contribution >= 4 is 11.8 Å². The topological polar surface area (TPSA) is 70.1 Å². The van der Waals surface area contributed by atoms with Crippen LogP contribution in [0.15, 0.2) is 18.2 Å². The van der Waals surface area contributed by atoms with Crippen molar-refractivity contribution in [3.8, 4) is 0 Å². The van der Waals surface area contributed by atoms with Crippen LogP contribution in [0.1, 0.15) is 28.8 Å². The summed E-state index contributed by atoms with van der Waals surface area (Å²) >= 11 is 0. The van der Waals surface area contributed by atoms with Crippen LogP contribution in [-0.2, 0) is 11.3 Å². The van der Waals surface area contributed by atoms with E-state index in [2.05, 4.69) is 4.98 Å². The summed E-state index contributed by atoms with van der Waals surface area (Å²) in [5, 5.41) is 0. The summed E-state index contributed by atoms with van der Waals surface area (Å²) in [6, 6.07) is 3.28. The van der Waals surface area contributed by atoms with Gasteiger partial charge in [-0.3, -0.25) is 0 Å². The summed E-state index contributed by atoms with van der Waals surface area (Å²) < 4.78 is 32.9. The normalized spacial score (nSPS) is 10.7.